The van der Waals surface area contributed by atoms with Crippen molar-refractivity contribution in [1.82, 2.24) is 0 Å². The zero-order valence-electron chi connectivity index (χ0n) is 12.7. The molecule has 0 amide bonds. The number of benzene rings is 1. The van der Waals surface area contributed by atoms with Gasteiger partial charge in [0.25, 0.3) is 0 Å². The summed E-state index contributed by atoms with van der Waals surface area (Å²) in [6, 6.07) is 6.65. The summed E-state index contributed by atoms with van der Waals surface area (Å²) in [5.41, 5.74) is 10.4. The molecule has 0 bridgehead atoms. The van der Waals surface area contributed by atoms with Gasteiger partial charge in [0.1, 0.15) is 0 Å². The second-order valence-corrected chi connectivity index (χ2v) is 6.03. The summed E-state index contributed by atoms with van der Waals surface area (Å²) in [5, 5.41) is 0. The second kappa shape index (κ2) is 5.96. The van der Waals surface area contributed by atoms with Gasteiger partial charge in [0.05, 0.1) is 0 Å². The average molecular weight is 260 g/mol. The van der Waals surface area contributed by atoms with E-state index in [1.54, 1.807) is 0 Å². The van der Waals surface area contributed by atoms with Crippen molar-refractivity contribution in [2.24, 2.45) is 11.1 Å². The first kappa shape index (κ1) is 14.4. The molecule has 0 spiro atoms. The Bertz CT molecular complexity index is 411. The molecule has 1 aromatic carbocycles. The number of nitrogens with two attached hydrogens (primary N) is 1. The lowest BCUT2D eigenvalue weighted by molar-refractivity contribution is 0.199. The van der Waals surface area contributed by atoms with Crippen LogP contribution in [0, 0.1) is 12.3 Å². The van der Waals surface area contributed by atoms with Crippen LogP contribution in [0.1, 0.15) is 50.7 Å². The van der Waals surface area contributed by atoms with Crippen molar-refractivity contribution in [3.8, 4) is 0 Å². The van der Waals surface area contributed by atoms with Crippen molar-refractivity contribution in [1.29, 1.82) is 0 Å². The minimum absolute atomic E-state index is 0.587. The van der Waals surface area contributed by atoms with Gasteiger partial charge in [-0.2, -0.15) is 0 Å². The Balaban J connectivity index is 2.15. The van der Waals surface area contributed by atoms with Crippen LogP contribution < -0.4 is 10.6 Å². The summed E-state index contributed by atoms with van der Waals surface area (Å²) >= 11 is 0. The summed E-state index contributed by atoms with van der Waals surface area (Å²) in [4.78, 5) is 2.54. The molecular formula is C17H28N2. The Morgan fingerprint density at radius 3 is 2.32 bits per heavy atom. The van der Waals surface area contributed by atoms with E-state index in [9.17, 15) is 0 Å². The van der Waals surface area contributed by atoms with E-state index in [1.807, 2.05) is 0 Å². The number of hydrogen-bond donors (Lipinski definition) is 1. The molecular weight excluding hydrogens is 232 g/mol. The fraction of sp³-hybridized carbons (Fsp3) is 0.647. The van der Waals surface area contributed by atoms with Gasteiger partial charge in [-0.05, 0) is 42.4 Å². The van der Waals surface area contributed by atoms with Gasteiger partial charge in [-0.15, -0.1) is 0 Å². The maximum absolute atomic E-state index is 5.89. The summed E-state index contributed by atoms with van der Waals surface area (Å²) in [5.74, 6) is 0. The van der Waals surface area contributed by atoms with E-state index in [-0.39, 0.29) is 0 Å². The third kappa shape index (κ3) is 2.94. The first-order valence-electron chi connectivity index (χ1n) is 7.68. The van der Waals surface area contributed by atoms with Gasteiger partial charge in [-0.3, -0.25) is 0 Å². The van der Waals surface area contributed by atoms with Crippen LogP contribution in [0.25, 0.3) is 0 Å². The molecule has 1 aliphatic rings. The van der Waals surface area contributed by atoms with Gasteiger partial charge in [0, 0.05) is 25.3 Å². The van der Waals surface area contributed by atoms with Crippen LogP contribution in [-0.4, -0.2) is 13.1 Å². The average Bonchev–Trinajstić information content (AvgIpc) is 2.47. The molecule has 2 N–H and O–H groups in total. The zero-order chi connectivity index (χ0) is 13.9. The molecule has 2 nitrogen and oxygen atoms in total. The van der Waals surface area contributed by atoms with Crippen LogP contribution in [0.4, 0.5) is 5.69 Å². The number of aryl methyl sites for hydroxylation is 1. The van der Waals surface area contributed by atoms with Gasteiger partial charge < -0.3 is 10.6 Å². The minimum Gasteiger partial charge on any atom is -0.371 e. The van der Waals surface area contributed by atoms with Crippen molar-refractivity contribution in [2.75, 3.05) is 18.0 Å². The molecule has 19 heavy (non-hydrogen) atoms. The van der Waals surface area contributed by atoms with Gasteiger partial charge in [-0.1, -0.05) is 38.8 Å². The lowest BCUT2D eigenvalue weighted by Gasteiger charge is -2.42. The maximum Gasteiger partial charge on any atom is 0.0414 e. The highest BCUT2D eigenvalue weighted by atomic mass is 15.1. The number of rotatable bonds is 4. The molecule has 0 unspecified atom stereocenters. The van der Waals surface area contributed by atoms with Crippen molar-refractivity contribution >= 4 is 5.69 Å². The molecule has 1 fully saturated rings. The lowest BCUT2D eigenvalue weighted by Crippen LogP contribution is -2.40. The van der Waals surface area contributed by atoms with Gasteiger partial charge in [-0.25, -0.2) is 0 Å². The molecule has 0 aliphatic carbocycles. The highest BCUT2D eigenvalue weighted by Gasteiger charge is 2.31. The van der Waals surface area contributed by atoms with Crippen LogP contribution in [0.5, 0.6) is 0 Å². The predicted molar refractivity (Wildman–Crippen MR) is 83.5 cm³/mol. The summed E-state index contributed by atoms with van der Waals surface area (Å²) in [7, 11) is 0. The van der Waals surface area contributed by atoms with Gasteiger partial charge in [0.2, 0.25) is 0 Å². The number of anilines is 1. The smallest absolute Gasteiger partial charge is 0.0414 e. The Hall–Kier alpha value is -1.02. The summed E-state index contributed by atoms with van der Waals surface area (Å²) in [6.45, 7) is 9.85. The van der Waals surface area contributed by atoms with Crippen LogP contribution >= 0.6 is 0 Å². The van der Waals surface area contributed by atoms with E-state index in [1.165, 1.54) is 55.6 Å². The minimum atomic E-state index is 0.587. The quantitative estimate of drug-likeness (QED) is 0.890. The first-order chi connectivity index (χ1) is 9.14. The van der Waals surface area contributed by atoms with E-state index in [0.717, 1.165) is 0 Å². The lowest BCUT2D eigenvalue weighted by atomic mass is 9.74. The molecule has 2 heteroatoms. The normalized spacial score (nSPS) is 18.6. The van der Waals surface area contributed by atoms with E-state index in [0.29, 0.717) is 12.0 Å². The highest BCUT2D eigenvalue weighted by molar-refractivity contribution is 5.55. The predicted octanol–water partition coefficient (Wildman–Crippen LogP) is 3.86. The van der Waals surface area contributed by atoms with Crippen LogP contribution in [0.15, 0.2) is 18.2 Å². The largest absolute Gasteiger partial charge is 0.371 e. The Labute approximate surface area is 118 Å². The van der Waals surface area contributed by atoms with Crippen molar-refractivity contribution in [3.63, 3.8) is 0 Å². The van der Waals surface area contributed by atoms with Gasteiger partial charge in [0.15, 0.2) is 0 Å². The van der Waals surface area contributed by atoms with E-state index in [2.05, 4.69) is 43.9 Å². The number of nitrogens with zero attached hydrogens (tertiary/aromatic N) is 1. The Morgan fingerprint density at radius 1 is 1.16 bits per heavy atom. The molecule has 1 heterocycles. The third-order valence-corrected chi connectivity index (χ3v) is 5.13. The van der Waals surface area contributed by atoms with Crippen molar-refractivity contribution in [3.05, 3.63) is 29.3 Å². The monoisotopic (exact) mass is 260 g/mol. The third-order valence-electron chi connectivity index (χ3n) is 5.13. The van der Waals surface area contributed by atoms with Crippen molar-refractivity contribution < 1.29 is 0 Å². The first-order valence-corrected chi connectivity index (χ1v) is 7.68. The molecule has 0 atom stereocenters. The van der Waals surface area contributed by atoms with Gasteiger partial charge >= 0.3 is 0 Å². The van der Waals surface area contributed by atoms with E-state index >= 15 is 0 Å². The topological polar surface area (TPSA) is 29.3 Å². The molecule has 2 rings (SSSR count). The number of hydrogen-bond acceptors (Lipinski definition) is 2. The highest BCUT2D eigenvalue weighted by Crippen LogP contribution is 2.39. The van der Waals surface area contributed by atoms with E-state index < -0.39 is 0 Å². The molecule has 0 aromatic heterocycles. The molecule has 1 saturated heterocycles. The SMILES string of the molecule is CCC1(CC)CCN(c2cc(C)ccc2CN)CC1. The molecule has 1 aromatic rings. The van der Waals surface area contributed by atoms with E-state index in [4.69, 9.17) is 5.73 Å². The molecule has 106 valence electrons. The van der Waals surface area contributed by atoms with Crippen LogP contribution in [-0.2, 0) is 6.54 Å². The second-order valence-electron chi connectivity index (χ2n) is 6.03. The van der Waals surface area contributed by atoms with Crippen molar-refractivity contribution in [2.45, 2.75) is 53.0 Å². The molecule has 0 saturated carbocycles. The van der Waals surface area contributed by atoms with Crippen LogP contribution in [0.2, 0.25) is 0 Å². The fourth-order valence-electron chi connectivity index (χ4n) is 3.32. The maximum atomic E-state index is 5.89. The standard InChI is InChI=1S/C17H28N2/c1-4-17(5-2)8-10-19(11-9-17)16-12-14(3)6-7-15(16)13-18/h6-7,12H,4-5,8-11,13,18H2,1-3H3. The summed E-state index contributed by atoms with van der Waals surface area (Å²) in [6.07, 6.45) is 5.26. The Morgan fingerprint density at radius 2 is 1.79 bits per heavy atom. The fourth-order valence-corrected chi connectivity index (χ4v) is 3.32. The van der Waals surface area contributed by atoms with Crippen LogP contribution in [0.3, 0.4) is 0 Å². The Kier molecular flexibility index (Phi) is 4.51. The summed E-state index contributed by atoms with van der Waals surface area (Å²) < 4.78 is 0. The molecule has 0 radical (unpaired) electrons. The zero-order valence-corrected chi connectivity index (χ0v) is 12.7. The number of piperidine rings is 1. The molecule has 1 aliphatic heterocycles.